The number of hydrogen-bond donors (Lipinski definition) is 3. The molecule has 0 aromatic heterocycles. The summed E-state index contributed by atoms with van der Waals surface area (Å²) in [5.41, 5.74) is 0.576. The van der Waals surface area contributed by atoms with Gasteiger partial charge in [0.25, 0.3) is 0 Å². The van der Waals surface area contributed by atoms with E-state index in [-0.39, 0.29) is 29.9 Å². The van der Waals surface area contributed by atoms with Gasteiger partial charge in [-0.05, 0) is 30.2 Å². The fraction of sp³-hybridized carbons (Fsp3) is 0.273. The van der Waals surface area contributed by atoms with Gasteiger partial charge in [-0.2, -0.15) is 0 Å². The summed E-state index contributed by atoms with van der Waals surface area (Å²) in [6, 6.07) is 13.6. The van der Waals surface area contributed by atoms with E-state index in [0.29, 0.717) is 15.5 Å². The Morgan fingerprint density at radius 2 is 1.67 bits per heavy atom. The number of guanidine groups is 1. The summed E-state index contributed by atoms with van der Waals surface area (Å²) in [5.74, 6) is -0.437. The molecule has 0 aliphatic rings. The van der Waals surface area contributed by atoms with Crippen molar-refractivity contribution in [1.29, 1.82) is 0 Å². The molecule has 0 radical (unpaired) electrons. The molecule has 0 saturated carbocycles. The van der Waals surface area contributed by atoms with E-state index < -0.39 is 23.4 Å². The standard InChI is InChI=1S/C22H26N4O6S/c1-14(2)12-19(27)23-18-13-16(33(30)15-8-6-5-7-9-15)10-11-17(18)24-20(25-21(28)31-3)26-22(29)32-4/h5-11,13-14H,12H2,1-4H3,(H,23,27)(H2,24,25,26,28,29). The number of amides is 3. The predicted molar refractivity (Wildman–Crippen MR) is 125 cm³/mol. The molecule has 1 atom stereocenters. The molecule has 176 valence electrons. The molecule has 0 aliphatic carbocycles. The van der Waals surface area contributed by atoms with E-state index in [2.05, 4.69) is 30.4 Å². The van der Waals surface area contributed by atoms with Gasteiger partial charge in [-0.15, -0.1) is 4.99 Å². The molecule has 2 aromatic rings. The number of hydrogen-bond acceptors (Lipinski definition) is 6. The van der Waals surface area contributed by atoms with Gasteiger partial charge in [-0.3, -0.25) is 10.1 Å². The van der Waals surface area contributed by atoms with Gasteiger partial charge in [0.05, 0.1) is 25.6 Å². The lowest BCUT2D eigenvalue weighted by molar-refractivity contribution is -0.116. The average molecular weight is 475 g/mol. The van der Waals surface area contributed by atoms with Crippen LogP contribution in [-0.2, 0) is 25.4 Å². The van der Waals surface area contributed by atoms with E-state index >= 15 is 0 Å². The molecule has 0 fully saturated rings. The smallest absolute Gasteiger partial charge is 0.436 e. The molecule has 0 aliphatic heterocycles. The lowest BCUT2D eigenvalue weighted by Gasteiger charge is -2.17. The van der Waals surface area contributed by atoms with Gasteiger partial charge in [-0.1, -0.05) is 32.0 Å². The lowest BCUT2D eigenvalue weighted by atomic mass is 10.1. The Morgan fingerprint density at radius 1 is 0.970 bits per heavy atom. The second kappa shape index (κ2) is 12.5. The van der Waals surface area contributed by atoms with E-state index in [1.54, 1.807) is 42.5 Å². The Hall–Kier alpha value is -3.57. The minimum absolute atomic E-state index is 0.112. The Labute approximate surface area is 194 Å². The number of aliphatic imine (C=N–C) groups is 1. The molecule has 33 heavy (non-hydrogen) atoms. The molecule has 10 nitrogen and oxygen atoms in total. The number of nitrogens with one attached hydrogen (secondary N) is 3. The first kappa shape index (κ1) is 25.7. The zero-order valence-electron chi connectivity index (χ0n) is 18.7. The van der Waals surface area contributed by atoms with Crippen molar-refractivity contribution in [3.63, 3.8) is 0 Å². The monoisotopic (exact) mass is 474 g/mol. The van der Waals surface area contributed by atoms with E-state index in [4.69, 9.17) is 0 Å². The van der Waals surface area contributed by atoms with Gasteiger partial charge >= 0.3 is 12.2 Å². The Morgan fingerprint density at radius 3 is 2.27 bits per heavy atom. The molecule has 0 bridgehead atoms. The number of methoxy groups -OCH3 is 2. The largest absolute Gasteiger partial charge is 0.606 e. The second-order valence-electron chi connectivity index (χ2n) is 7.11. The normalized spacial score (nSPS) is 12.0. The summed E-state index contributed by atoms with van der Waals surface area (Å²) in [6.07, 6.45) is -1.59. The maximum atomic E-state index is 13.0. The summed E-state index contributed by atoms with van der Waals surface area (Å²) in [7, 11) is 2.28. The topological polar surface area (TPSA) is 141 Å². The van der Waals surface area contributed by atoms with Crippen LogP contribution in [0.5, 0.6) is 0 Å². The van der Waals surface area contributed by atoms with Crippen LogP contribution in [0.1, 0.15) is 20.3 Å². The number of ether oxygens (including phenoxy) is 2. The summed E-state index contributed by atoms with van der Waals surface area (Å²) >= 11 is -1.50. The van der Waals surface area contributed by atoms with Crippen LogP contribution in [0.3, 0.4) is 0 Å². The molecule has 1 unspecified atom stereocenters. The van der Waals surface area contributed by atoms with Crippen molar-refractivity contribution < 1.29 is 28.4 Å². The first-order valence-electron chi connectivity index (χ1n) is 9.92. The van der Waals surface area contributed by atoms with Gasteiger partial charge < -0.3 is 24.7 Å². The first-order valence-corrected chi connectivity index (χ1v) is 11.1. The summed E-state index contributed by atoms with van der Waals surface area (Å²) < 4.78 is 22.0. The third kappa shape index (κ3) is 8.13. The van der Waals surface area contributed by atoms with Gasteiger partial charge in [0, 0.05) is 23.7 Å². The van der Waals surface area contributed by atoms with E-state index in [1.165, 1.54) is 0 Å². The summed E-state index contributed by atoms with van der Waals surface area (Å²) in [5, 5.41) is 7.80. The Kier molecular flexibility index (Phi) is 9.70. The number of rotatable bonds is 6. The molecule has 11 heteroatoms. The summed E-state index contributed by atoms with van der Waals surface area (Å²) in [4.78, 5) is 40.4. The van der Waals surface area contributed by atoms with Crippen molar-refractivity contribution >= 4 is 46.6 Å². The van der Waals surface area contributed by atoms with E-state index in [9.17, 15) is 18.9 Å². The van der Waals surface area contributed by atoms with Crippen LogP contribution in [0.25, 0.3) is 0 Å². The van der Waals surface area contributed by atoms with Crippen molar-refractivity contribution in [3.05, 3.63) is 48.5 Å². The highest BCUT2D eigenvalue weighted by Crippen LogP contribution is 2.29. The highest BCUT2D eigenvalue weighted by Gasteiger charge is 2.19. The maximum Gasteiger partial charge on any atom is 0.436 e. The quantitative estimate of drug-likeness (QED) is 0.329. The molecular formula is C22H26N4O6S. The van der Waals surface area contributed by atoms with Crippen LogP contribution in [0.2, 0.25) is 0 Å². The minimum atomic E-state index is -1.50. The highest BCUT2D eigenvalue weighted by atomic mass is 32.2. The fourth-order valence-electron chi connectivity index (χ4n) is 2.60. The molecule has 2 aromatic carbocycles. The van der Waals surface area contributed by atoms with Gasteiger partial charge in [0.15, 0.2) is 9.79 Å². The number of benzene rings is 2. The fourth-order valence-corrected chi connectivity index (χ4v) is 3.70. The van der Waals surface area contributed by atoms with Crippen molar-refractivity contribution in [2.75, 3.05) is 24.9 Å². The zero-order valence-corrected chi connectivity index (χ0v) is 19.5. The molecule has 3 amide bonds. The van der Waals surface area contributed by atoms with Gasteiger partial charge in [0.1, 0.15) is 0 Å². The third-order valence-corrected chi connectivity index (χ3v) is 5.45. The van der Waals surface area contributed by atoms with Crippen LogP contribution in [0, 0.1) is 5.92 Å². The van der Waals surface area contributed by atoms with Crippen molar-refractivity contribution in [1.82, 2.24) is 5.32 Å². The number of anilines is 2. The molecule has 0 spiro atoms. The molecule has 0 saturated heterocycles. The third-order valence-electron chi connectivity index (χ3n) is 4.07. The van der Waals surface area contributed by atoms with E-state index in [1.807, 2.05) is 19.9 Å². The zero-order chi connectivity index (χ0) is 24.4. The van der Waals surface area contributed by atoms with Crippen LogP contribution in [-0.4, -0.2) is 42.8 Å². The van der Waals surface area contributed by atoms with Crippen molar-refractivity contribution in [2.24, 2.45) is 10.9 Å². The van der Waals surface area contributed by atoms with Gasteiger partial charge in [0.2, 0.25) is 11.9 Å². The van der Waals surface area contributed by atoms with Crippen molar-refractivity contribution in [3.8, 4) is 0 Å². The molecular weight excluding hydrogens is 448 g/mol. The SMILES string of the molecule is COC(=O)N=C(NC(=O)OC)Nc1ccc([S+]([O-])c2ccccc2)cc1NC(=O)CC(C)C. The maximum absolute atomic E-state index is 13.0. The number of nitrogens with zero attached hydrogens (tertiary/aromatic N) is 1. The van der Waals surface area contributed by atoms with Crippen LogP contribution >= 0.6 is 0 Å². The second-order valence-corrected chi connectivity index (χ2v) is 8.59. The molecule has 2 rings (SSSR count). The Balaban J connectivity index is 2.43. The molecule has 3 N–H and O–H groups in total. The Bertz CT molecular complexity index is 1010. The van der Waals surface area contributed by atoms with Crippen molar-refractivity contribution in [2.45, 2.75) is 30.1 Å². The first-order chi connectivity index (χ1) is 15.7. The number of carbonyl (C=O) groups is 3. The molecule has 0 heterocycles. The lowest BCUT2D eigenvalue weighted by Crippen LogP contribution is -2.36. The summed E-state index contributed by atoms with van der Waals surface area (Å²) in [6.45, 7) is 3.81. The number of alkyl carbamates (subject to hydrolysis) is 1. The van der Waals surface area contributed by atoms with Crippen LogP contribution < -0.4 is 16.0 Å². The average Bonchev–Trinajstić information content (AvgIpc) is 2.79. The van der Waals surface area contributed by atoms with E-state index in [0.717, 1.165) is 14.2 Å². The van der Waals surface area contributed by atoms with Crippen LogP contribution in [0.15, 0.2) is 63.3 Å². The van der Waals surface area contributed by atoms with Gasteiger partial charge in [-0.25, -0.2) is 9.59 Å². The predicted octanol–water partition coefficient (Wildman–Crippen LogP) is 3.73. The minimum Gasteiger partial charge on any atom is -0.606 e. The highest BCUT2D eigenvalue weighted by molar-refractivity contribution is 7.91. The van der Waals surface area contributed by atoms with Crippen LogP contribution in [0.4, 0.5) is 21.0 Å². The number of carbonyl (C=O) groups excluding carboxylic acids is 3.